The number of carbonyl (C=O) groups is 2. The van der Waals surface area contributed by atoms with Gasteiger partial charge in [0.15, 0.2) is 0 Å². The zero-order valence-corrected chi connectivity index (χ0v) is 13.9. The minimum Gasteiger partial charge on any atom is -0.345 e. The minimum atomic E-state index is 0.0705. The van der Waals surface area contributed by atoms with E-state index >= 15 is 0 Å². The van der Waals surface area contributed by atoms with Crippen molar-refractivity contribution >= 4 is 23.2 Å². The first-order chi connectivity index (χ1) is 9.99. The Balaban J connectivity index is 1.85. The summed E-state index contributed by atoms with van der Waals surface area (Å²) in [5.74, 6) is 0.888. The molecule has 21 heavy (non-hydrogen) atoms. The van der Waals surface area contributed by atoms with E-state index in [1.165, 1.54) is 11.3 Å². The van der Waals surface area contributed by atoms with Gasteiger partial charge in [0.05, 0.1) is 4.88 Å². The van der Waals surface area contributed by atoms with Crippen LogP contribution >= 0.6 is 11.3 Å². The van der Waals surface area contributed by atoms with Crippen LogP contribution in [0.4, 0.5) is 0 Å². The van der Waals surface area contributed by atoms with E-state index < -0.39 is 0 Å². The van der Waals surface area contributed by atoms with Crippen LogP contribution in [0.5, 0.6) is 0 Å². The summed E-state index contributed by atoms with van der Waals surface area (Å²) in [5.41, 5.74) is 0. The molecule has 0 saturated carbocycles. The third kappa shape index (κ3) is 4.06. The molecule has 5 heteroatoms. The van der Waals surface area contributed by atoms with Gasteiger partial charge in [0.1, 0.15) is 0 Å². The fraction of sp³-hybridized carbons (Fsp3) is 0.625. The van der Waals surface area contributed by atoms with E-state index in [9.17, 15) is 9.59 Å². The fourth-order valence-electron chi connectivity index (χ4n) is 2.83. The summed E-state index contributed by atoms with van der Waals surface area (Å²) in [6.45, 7) is 6.40. The van der Waals surface area contributed by atoms with E-state index in [0.29, 0.717) is 19.0 Å². The molecule has 2 amide bonds. The maximum Gasteiger partial charge on any atom is 0.263 e. The molecule has 1 saturated heterocycles. The highest BCUT2D eigenvalue weighted by Crippen LogP contribution is 2.22. The van der Waals surface area contributed by atoms with Gasteiger partial charge in [-0.25, -0.2) is 0 Å². The molecule has 116 valence electrons. The van der Waals surface area contributed by atoms with Crippen LogP contribution in [-0.2, 0) is 4.79 Å². The highest BCUT2D eigenvalue weighted by molar-refractivity contribution is 7.12. The second-order valence-electron chi connectivity index (χ2n) is 6.16. The van der Waals surface area contributed by atoms with Crippen molar-refractivity contribution in [2.75, 3.05) is 26.7 Å². The second kappa shape index (κ2) is 7.07. The number of amides is 2. The Kier molecular flexibility index (Phi) is 5.39. The van der Waals surface area contributed by atoms with Crippen LogP contribution in [-0.4, -0.2) is 48.3 Å². The van der Waals surface area contributed by atoms with Crippen molar-refractivity contribution < 1.29 is 9.59 Å². The number of carbonyl (C=O) groups excluding carboxylic acids is 2. The van der Waals surface area contributed by atoms with Gasteiger partial charge in [0.2, 0.25) is 5.91 Å². The highest BCUT2D eigenvalue weighted by Gasteiger charge is 2.29. The van der Waals surface area contributed by atoms with Crippen molar-refractivity contribution in [1.29, 1.82) is 0 Å². The summed E-state index contributed by atoms with van der Waals surface area (Å²) in [4.78, 5) is 29.1. The molecule has 1 aromatic rings. The molecule has 0 spiro atoms. The van der Waals surface area contributed by atoms with Gasteiger partial charge < -0.3 is 9.80 Å². The van der Waals surface area contributed by atoms with Crippen molar-refractivity contribution in [2.24, 2.45) is 11.8 Å². The lowest BCUT2D eigenvalue weighted by Crippen LogP contribution is -2.44. The first-order valence-electron chi connectivity index (χ1n) is 7.56. The average molecular weight is 308 g/mol. The average Bonchev–Trinajstić information content (AvgIpc) is 2.99. The molecule has 0 N–H and O–H groups in total. The zero-order valence-electron chi connectivity index (χ0n) is 13.0. The Bertz CT molecular complexity index is 476. The van der Waals surface area contributed by atoms with Crippen molar-refractivity contribution in [3.8, 4) is 0 Å². The Hall–Kier alpha value is -1.36. The predicted molar refractivity (Wildman–Crippen MR) is 85.4 cm³/mol. The van der Waals surface area contributed by atoms with E-state index in [2.05, 4.69) is 13.8 Å². The van der Waals surface area contributed by atoms with Crippen LogP contribution in [0.25, 0.3) is 0 Å². The van der Waals surface area contributed by atoms with E-state index in [1.54, 1.807) is 0 Å². The Morgan fingerprint density at radius 3 is 2.57 bits per heavy atom. The van der Waals surface area contributed by atoms with Crippen LogP contribution in [0.3, 0.4) is 0 Å². The number of thiophene rings is 1. The molecule has 2 rings (SSSR count). The first-order valence-corrected chi connectivity index (χ1v) is 8.44. The lowest BCUT2D eigenvalue weighted by molar-refractivity contribution is -0.136. The molecule has 0 atom stereocenters. The third-order valence-electron chi connectivity index (χ3n) is 3.88. The summed E-state index contributed by atoms with van der Waals surface area (Å²) in [7, 11) is 1.88. The highest BCUT2D eigenvalue weighted by atomic mass is 32.1. The smallest absolute Gasteiger partial charge is 0.263 e. The predicted octanol–water partition coefficient (Wildman–Crippen LogP) is 2.71. The van der Waals surface area contributed by atoms with Gasteiger partial charge in [-0.05, 0) is 30.2 Å². The standard InChI is InChI=1S/C16H24N2O2S/c1-12(2)11-17(3)15(19)13-6-8-18(9-7-13)16(20)14-5-4-10-21-14/h4-5,10,12-13H,6-9,11H2,1-3H3. The normalized spacial score (nSPS) is 16.3. The summed E-state index contributed by atoms with van der Waals surface area (Å²) in [6.07, 6.45) is 1.55. The molecule has 0 bridgehead atoms. The molecule has 0 radical (unpaired) electrons. The van der Waals surface area contributed by atoms with Crippen molar-refractivity contribution in [1.82, 2.24) is 9.80 Å². The van der Waals surface area contributed by atoms with Gasteiger partial charge in [-0.1, -0.05) is 19.9 Å². The molecule has 1 fully saturated rings. The van der Waals surface area contributed by atoms with Gasteiger partial charge >= 0.3 is 0 Å². The molecule has 1 aliphatic heterocycles. The van der Waals surface area contributed by atoms with Gasteiger partial charge in [0.25, 0.3) is 5.91 Å². The van der Waals surface area contributed by atoms with Crippen LogP contribution in [0, 0.1) is 11.8 Å². The van der Waals surface area contributed by atoms with Crippen LogP contribution < -0.4 is 0 Å². The largest absolute Gasteiger partial charge is 0.345 e. The number of hydrogen-bond donors (Lipinski definition) is 0. The maximum atomic E-state index is 12.4. The van der Waals surface area contributed by atoms with E-state index in [1.807, 2.05) is 34.4 Å². The van der Waals surface area contributed by atoms with E-state index in [0.717, 1.165) is 24.3 Å². The lowest BCUT2D eigenvalue weighted by Gasteiger charge is -2.33. The van der Waals surface area contributed by atoms with E-state index in [-0.39, 0.29) is 17.7 Å². The zero-order chi connectivity index (χ0) is 15.4. The molecule has 0 aromatic carbocycles. The van der Waals surface area contributed by atoms with Gasteiger partial charge in [-0.2, -0.15) is 0 Å². The monoisotopic (exact) mass is 308 g/mol. The van der Waals surface area contributed by atoms with Crippen molar-refractivity contribution in [3.63, 3.8) is 0 Å². The Morgan fingerprint density at radius 2 is 2.05 bits per heavy atom. The molecule has 2 heterocycles. The molecule has 0 aliphatic carbocycles. The first kappa shape index (κ1) is 16.0. The third-order valence-corrected chi connectivity index (χ3v) is 4.74. The molecular weight excluding hydrogens is 284 g/mol. The number of nitrogens with zero attached hydrogens (tertiary/aromatic N) is 2. The summed E-state index contributed by atoms with van der Waals surface area (Å²) in [5, 5.41) is 1.92. The van der Waals surface area contributed by atoms with Crippen molar-refractivity contribution in [3.05, 3.63) is 22.4 Å². The van der Waals surface area contributed by atoms with Crippen LogP contribution in [0.15, 0.2) is 17.5 Å². The van der Waals surface area contributed by atoms with Gasteiger partial charge in [0, 0.05) is 32.6 Å². The molecule has 1 aliphatic rings. The molecule has 1 aromatic heterocycles. The molecule has 0 unspecified atom stereocenters. The van der Waals surface area contributed by atoms with Crippen LogP contribution in [0.1, 0.15) is 36.4 Å². The lowest BCUT2D eigenvalue weighted by atomic mass is 9.95. The van der Waals surface area contributed by atoms with Gasteiger partial charge in [-0.3, -0.25) is 9.59 Å². The Labute approximate surface area is 130 Å². The van der Waals surface area contributed by atoms with Gasteiger partial charge in [-0.15, -0.1) is 11.3 Å². The second-order valence-corrected chi connectivity index (χ2v) is 7.10. The summed E-state index contributed by atoms with van der Waals surface area (Å²) in [6, 6.07) is 3.76. The fourth-order valence-corrected chi connectivity index (χ4v) is 3.53. The molecular formula is C16H24N2O2S. The number of hydrogen-bond acceptors (Lipinski definition) is 3. The SMILES string of the molecule is CC(C)CN(C)C(=O)C1CCN(C(=O)c2cccs2)CC1. The number of piperidine rings is 1. The summed E-state index contributed by atoms with van der Waals surface area (Å²) >= 11 is 1.48. The quantitative estimate of drug-likeness (QED) is 0.858. The molecule has 4 nitrogen and oxygen atoms in total. The summed E-state index contributed by atoms with van der Waals surface area (Å²) < 4.78 is 0. The number of likely N-dealkylation sites (tertiary alicyclic amines) is 1. The Morgan fingerprint density at radius 1 is 1.38 bits per heavy atom. The van der Waals surface area contributed by atoms with E-state index in [4.69, 9.17) is 0 Å². The van der Waals surface area contributed by atoms with Crippen molar-refractivity contribution in [2.45, 2.75) is 26.7 Å². The van der Waals surface area contributed by atoms with Crippen LogP contribution in [0.2, 0.25) is 0 Å². The maximum absolute atomic E-state index is 12.4. The minimum absolute atomic E-state index is 0.0705. The topological polar surface area (TPSA) is 40.6 Å². The number of rotatable bonds is 4.